The summed E-state index contributed by atoms with van der Waals surface area (Å²) >= 11 is 0. The second kappa shape index (κ2) is 11.4. The Morgan fingerprint density at radius 1 is 1.06 bits per heavy atom. The van der Waals surface area contributed by atoms with Crippen molar-refractivity contribution in [2.24, 2.45) is 5.92 Å². The van der Waals surface area contributed by atoms with Crippen molar-refractivity contribution in [3.63, 3.8) is 0 Å². The number of benzene rings is 2. The number of nitrogens with zero attached hydrogens (tertiary/aromatic N) is 3. The summed E-state index contributed by atoms with van der Waals surface area (Å²) in [5, 5.41) is 0. The van der Waals surface area contributed by atoms with Gasteiger partial charge in [0.05, 0.1) is 6.04 Å². The maximum absolute atomic E-state index is 14.3. The van der Waals surface area contributed by atoms with Crippen molar-refractivity contribution in [3.8, 4) is 5.75 Å². The van der Waals surface area contributed by atoms with Crippen molar-refractivity contribution in [1.82, 2.24) is 14.7 Å². The van der Waals surface area contributed by atoms with E-state index in [4.69, 9.17) is 4.74 Å². The first-order chi connectivity index (χ1) is 17.3. The molecule has 1 fully saturated rings. The highest BCUT2D eigenvalue weighted by Crippen LogP contribution is 2.38. The van der Waals surface area contributed by atoms with Gasteiger partial charge in [-0.2, -0.15) is 0 Å². The summed E-state index contributed by atoms with van der Waals surface area (Å²) in [7, 11) is 2.06. The zero-order valence-electron chi connectivity index (χ0n) is 21.9. The van der Waals surface area contributed by atoms with E-state index >= 15 is 0 Å². The van der Waals surface area contributed by atoms with E-state index in [-0.39, 0.29) is 23.5 Å². The topological polar surface area (TPSA) is 53.1 Å². The maximum Gasteiger partial charge on any atom is 0.263 e. The van der Waals surface area contributed by atoms with Gasteiger partial charge in [0.15, 0.2) is 6.10 Å². The summed E-state index contributed by atoms with van der Waals surface area (Å²) in [6, 6.07) is 12.0. The monoisotopic (exact) mass is 495 g/mol. The zero-order chi connectivity index (χ0) is 25.8. The maximum atomic E-state index is 14.3. The molecular weight excluding hydrogens is 457 g/mol. The molecular formula is C29H38FN3O3. The van der Waals surface area contributed by atoms with Gasteiger partial charge in [0.2, 0.25) is 5.91 Å². The molecule has 0 radical (unpaired) electrons. The van der Waals surface area contributed by atoms with Crippen LogP contribution in [0.5, 0.6) is 5.75 Å². The predicted molar refractivity (Wildman–Crippen MR) is 138 cm³/mol. The van der Waals surface area contributed by atoms with Gasteiger partial charge in [-0.1, -0.05) is 39.0 Å². The molecule has 2 amide bonds. The summed E-state index contributed by atoms with van der Waals surface area (Å²) in [6.07, 6.45) is 1.16. The highest BCUT2D eigenvalue weighted by molar-refractivity contribution is 5.81. The van der Waals surface area contributed by atoms with Crippen LogP contribution >= 0.6 is 0 Å². The third kappa shape index (κ3) is 5.89. The number of piperazine rings is 1. The summed E-state index contributed by atoms with van der Waals surface area (Å²) < 4.78 is 20.5. The Hall–Kier alpha value is -2.93. The van der Waals surface area contributed by atoms with Gasteiger partial charge < -0.3 is 19.4 Å². The molecule has 6 nitrogen and oxygen atoms in total. The first-order valence-electron chi connectivity index (χ1n) is 13.1. The fourth-order valence-electron chi connectivity index (χ4n) is 5.14. The molecule has 2 aliphatic heterocycles. The van der Waals surface area contributed by atoms with Gasteiger partial charge in [-0.3, -0.25) is 9.59 Å². The van der Waals surface area contributed by atoms with Gasteiger partial charge in [-0.15, -0.1) is 0 Å². The quantitative estimate of drug-likeness (QED) is 0.576. The molecule has 1 saturated heterocycles. The van der Waals surface area contributed by atoms with Gasteiger partial charge >= 0.3 is 0 Å². The van der Waals surface area contributed by atoms with E-state index in [2.05, 4.69) is 11.9 Å². The van der Waals surface area contributed by atoms with Crippen molar-refractivity contribution in [2.45, 2.75) is 52.2 Å². The standard InChI is InChI=1S/C29H38FN3O3/c1-5-26(29(35)32-15-13-31(4)14-16-32)36-24-10-9-21-11-12-33(27(34)17-20(2)3)28(25(21)19-24)22-7-6-8-23(30)18-22/h6-10,18-20,26,28H,5,11-17H2,1-4H3. The number of hydrogen-bond donors (Lipinski definition) is 0. The molecule has 0 aromatic heterocycles. The number of rotatable bonds is 7. The molecule has 2 atom stereocenters. The number of hydrogen-bond acceptors (Lipinski definition) is 4. The molecule has 0 bridgehead atoms. The van der Waals surface area contributed by atoms with Crippen LogP contribution in [0.3, 0.4) is 0 Å². The molecule has 0 spiro atoms. The smallest absolute Gasteiger partial charge is 0.263 e. The number of carbonyl (C=O) groups excluding carboxylic acids is 2. The molecule has 0 aliphatic carbocycles. The normalized spacial score (nSPS) is 19.2. The number of likely N-dealkylation sites (N-methyl/N-ethyl adjacent to an activating group) is 1. The lowest BCUT2D eigenvalue weighted by Gasteiger charge is -2.38. The van der Waals surface area contributed by atoms with E-state index in [1.807, 2.05) is 54.8 Å². The van der Waals surface area contributed by atoms with E-state index in [0.717, 1.165) is 36.2 Å². The van der Waals surface area contributed by atoms with Crippen LogP contribution in [-0.2, 0) is 16.0 Å². The average molecular weight is 496 g/mol. The van der Waals surface area contributed by atoms with Gasteiger partial charge in [-0.25, -0.2) is 4.39 Å². The average Bonchev–Trinajstić information content (AvgIpc) is 2.86. The zero-order valence-corrected chi connectivity index (χ0v) is 21.9. The van der Waals surface area contributed by atoms with E-state index in [9.17, 15) is 14.0 Å². The predicted octanol–water partition coefficient (Wildman–Crippen LogP) is 4.28. The lowest BCUT2D eigenvalue weighted by molar-refractivity contribution is -0.140. The van der Waals surface area contributed by atoms with Crippen LogP contribution in [0.25, 0.3) is 0 Å². The number of carbonyl (C=O) groups is 2. The van der Waals surface area contributed by atoms with Crippen molar-refractivity contribution in [1.29, 1.82) is 0 Å². The fraction of sp³-hybridized carbons (Fsp3) is 0.517. The molecule has 2 unspecified atom stereocenters. The van der Waals surface area contributed by atoms with Crippen LogP contribution in [-0.4, -0.2) is 72.4 Å². The van der Waals surface area contributed by atoms with Crippen LogP contribution in [0.4, 0.5) is 4.39 Å². The minimum Gasteiger partial charge on any atom is -0.481 e. The van der Waals surface area contributed by atoms with Gasteiger partial charge in [0.25, 0.3) is 5.91 Å². The first-order valence-corrected chi connectivity index (χ1v) is 13.1. The van der Waals surface area contributed by atoms with Gasteiger partial charge in [0, 0.05) is 39.1 Å². The molecule has 4 rings (SSSR count). The van der Waals surface area contributed by atoms with E-state index in [0.29, 0.717) is 38.2 Å². The van der Waals surface area contributed by atoms with Crippen molar-refractivity contribution < 1.29 is 18.7 Å². The molecule has 7 heteroatoms. The SMILES string of the molecule is CCC(Oc1ccc2c(c1)C(c1cccc(F)c1)N(C(=O)CC(C)C)CC2)C(=O)N1CCN(C)CC1. The molecule has 2 aromatic carbocycles. The summed E-state index contributed by atoms with van der Waals surface area (Å²) in [6.45, 7) is 9.72. The van der Waals surface area contributed by atoms with Crippen LogP contribution in [0, 0.1) is 11.7 Å². The van der Waals surface area contributed by atoms with Crippen molar-refractivity contribution in [3.05, 3.63) is 65.0 Å². The largest absolute Gasteiger partial charge is 0.481 e. The Morgan fingerprint density at radius 2 is 1.81 bits per heavy atom. The first kappa shape index (κ1) is 26.1. The van der Waals surface area contributed by atoms with Crippen molar-refractivity contribution >= 4 is 11.8 Å². The Balaban J connectivity index is 1.63. The fourth-order valence-corrected chi connectivity index (χ4v) is 5.14. The highest BCUT2D eigenvalue weighted by Gasteiger charge is 2.33. The molecule has 2 heterocycles. The Kier molecular flexibility index (Phi) is 8.29. The third-order valence-electron chi connectivity index (χ3n) is 7.15. The van der Waals surface area contributed by atoms with Crippen LogP contribution in [0.2, 0.25) is 0 Å². The summed E-state index contributed by atoms with van der Waals surface area (Å²) in [5.41, 5.74) is 2.79. The van der Waals surface area contributed by atoms with E-state index in [1.54, 1.807) is 6.07 Å². The lowest BCUT2D eigenvalue weighted by atomic mass is 9.87. The molecule has 2 aromatic rings. The second-order valence-electron chi connectivity index (χ2n) is 10.4. The minimum absolute atomic E-state index is 0.0127. The minimum atomic E-state index is -0.568. The number of fused-ring (bicyclic) bond motifs is 1. The molecule has 36 heavy (non-hydrogen) atoms. The summed E-state index contributed by atoms with van der Waals surface area (Å²) in [4.78, 5) is 32.4. The van der Waals surface area contributed by atoms with Crippen molar-refractivity contribution in [2.75, 3.05) is 39.8 Å². The molecule has 0 N–H and O–H groups in total. The van der Waals surface area contributed by atoms with Crippen LogP contribution in [0.1, 0.15) is 56.3 Å². The Morgan fingerprint density at radius 3 is 2.47 bits per heavy atom. The van der Waals surface area contributed by atoms with Crippen LogP contribution < -0.4 is 4.74 Å². The summed E-state index contributed by atoms with van der Waals surface area (Å²) in [5.74, 6) is 0.578. The third-order valence-corrected chi connectivity index (χ3v) is 7.15. The van der Waals surface area contributed by atoms with Crippen LogP contribution in [0.15, 0.2) is 42.5 Å². The van der Waals surface area contributed by atoms with E-state index in [1.165, 1.54) is 12.1 Å². The Labute approximate surface area is 214 Å². The lowest BCUT2D eigenvalue weighted by Crippen LogP contribution is -2.51. The molecule has 0 saturated carbocycles. The molecule has 2 aliphatic rings. The highest BCUT2D eigenvalue weighted by atomic mass is 19.1. The number of halogens is 1. The number of ether oxygens (including phenoxy) is 1. The van der Waals surface area contributed by atoms with Gasteiger partial charge in [-0.05, 0) is 66.8 Å². The number of amides is 2. The molecule has 194 valence electrons. The Bertz CT molecular complexity index is 1080. The second-order valence-corrected chi connectivity index (χ2v) is 10.4. The van der Waals surface area contributed by atoms with E-state index < -0.39 is 12.1 Å². The van der Waals surface area contributed by atoms with Gasteiger partial charge in [0.1, 0.15) is 11.6 Å².